The summed E-state index contributed by atoms with van der Waals surface area (Å²) in [6.45, 7) is 1.87. The van der Waals surface area contributed by atoms with Gasteiger partial charge in [-0.15, -0.1) is 0 Å². The van der Waals surface area contributed by atoms with Crippen LogP contribution in [0.25, 0.3) is 17.0 Å². The number of nitrogens with zero attached hydrogens (tertiary/aromatic N) is 2. The number of hydrogen-bond donors (Lipinski definition) is 1. The van der Waals surface area contributed by atoms with Gasteiger partial charge in [-0.2, -0.15) is 5.26 Å². The largest absolute Gasteiger partial charge is 0.464 e. The van der Waals surface area contributed by atoms with E-state index in [1.807, 2.05) is 49.4 Å². The van der Waals surface area contributed by atoms with Crippen LogP contribution in [-0.4, -0.2) is 17.6 Å². The van der Waals surface area contributed by atoms with Crippen LogP contribution in [0.15, 0.2) is 47.0 Å². The number of anilines is 1. The summed E-state index contributed by atoms with van der Waals surface area (Å²) >= 11 is 0. The molecular formula is C18H15N3O3. The van der Waals surface area contributed by atoms with Gasteiger partial charge in [0.25, 0.3) is 0 Å². The van der Waals surface area contributed by atoms with Crippen LogP contribution >= 0.6 is 0 Å². The molecule has 0 aliphatic rings. The van der Waals surface area contributed by atoms with Crippen molar-refractivity contribution < 1.29 is 13.9 Å². The predicted octanol–water partition coefficient (Wildman–Crippen LogP) is 3.29. The Morgan fingerprint density at radius 2 is 2.12 bits per heavy atom. The van der Waals surface area contributed by atoms with E-state index < -0.39 is 5.97 Å². The smallest absolute Gasteiger partial charge is 0.357 e. The molecule has 0 radical (unpaired) electrons. The molecule has 3 rings (SSSR count). The van der Waals surface area contributed by atoms with Crippen LogP contribution in [-0.2, 0) is 4.74 Å². The minimum atomic E-state index is -0.603. The summed E-state index contributed by atoms with van der Waals surface area (Å²) in [5.41, 5.74) is 7.89. The summed E-state index contributed by atoms with van der Waals surface area (Å²) < 4.78 is 12.0. The molecule has 3 aromatic rings. The van der Waals surface area contributed by atoms with Crippen LogP contribution in [0.3, 0.4) is 0 Å². The maximum absolute atomic E-state index is 12.1. The Labute approximate surface area is 138 Å². The molecule has 2 N–H and O–H groups in total. The lowest BCUT2D eigenvalue weighted by Crippen LogP contribution is -2.11. The highest BCUT2D eigenvalue weighted by atomic mass is 16.5. The fraction of sp³-hybridized carbons (Fsp3) is 0.111. The normalized spacial score (nSPS) is 10.4. The van der Waals surface area contributed by atoms with Crippen LogP contribution < -0.4 is 5.73 Å². The molecule has 24 heavy (non-hydrogen) atoms. The molecule has 2 aromatic heterocycles. The number of rotatable bonds is 3. The number of nitrogens with two attached hydrogens (primary N) is 1. The van der Waals surface area contributed by atoms with Gasteiger partial charge in [-0.05, 0) is 31.2 Å². The molecule has 2 heterocycles. The third kappa shape index (κ3) is 2.52. The monoisotopic (exact) mass is 321 g/mol. The summed E-state index contributed by atoms with van der Waals surface area (Å²) in [6, 6.07) is 13.1. The maximum atomic E-state index is 12.1. The van der Waals surface area contributed by atoms with E-state index in [0.29, 0.717) is 5.69 Å². The molecule has 0 unspecified atom stereocenters. The second-order valence-corrected chi connectivity index (χ2v) is 5.24. The van der Waals surface area contributed by atoms with Gasteiger partial charge < -0.3 is 19.5 Å². The van der Waals surface area contributed by atoms with Gasteiger partial charge in [0.05, 0.1) is 18.4 Å². The van der Waals surface area contributed by atoms with Crippen LogP contribution in [0.1, 0.15) is 21.8 Å². The van der Waals surface area contributed by atoms with E-state index in [4.69, 9.17) is 14.9 Å². The number of carbonyl (C=O) groups is 1. The molecular weight excluding hydrogens is 306 g/mol. The molecule has 6 heteroatoms. The van der Waals surface area contributed by atoms with Gasteiger partial charge in [0.1, 0.15) is 17.6 Å². The number of aromatic nitrogens is 1. The zero-order chi connectivity index (χ0) is 17.3. The number of methoxy groups -OCH3 is 1. The standard InChI is InChI=1S/C18H15N3O3/c1-11-6-7-15(24-11)12-4-3-5-14(8-12)21-10-13(9-19)16(20)17(21)18(22)23-2/h3-8,10H,20H2,1-2H3. The van der Waals surface area contributed by atoms with Crippen molar-refractivity contribution in [2.24, 2.45) is 0 Å². The van der Waals surface area contributed by atoms with Crippen molar-refractivity contribution in [3.8, 4) is 23.1 Å². The fourth-order valence-electron chi connectivity index (χ4n) is 2.52. The van der Waals surface area contributed by atoms with Crippen LogP contribution in [0.5, 0.6) is 0 Å². The Morgan fingerprint density at radius 1 is 1.33 bits per heavy atom. The molecule has 0 fully saturated rings. The Morgan fingerprint density at radius 3 is 2.75 bits per heavy atom. The minimum Gasteiger partial charge on any atom is -0.464 e. The summed E-state index contributed by atoms with van der Waals surface area (Å²) in [5, 5.41) is 9.18. The van der Waals surface area contributed by atoms with E-state index in [1.54, 1.807) is 4.57 Å². The topological polar surface area (TPSA) is 94.2 Å². The van der Waals surface area contributed by atoms with E-state index in [1.165, 1.54) is 13.3 Å². The van der Waals surface area contributed by atoms with Gasteiger partial charge in [0, 0.05) is 17.4 Å². The first-order valence-electron chi connectivity index (χ1n) is 7.21. The summed E-state index contributed by atoms with van der Waals surface area (Å²) in [7, 11) is 1.27. The molecule has 0 bridgehead atoms. The number of nitriles is 1. The number of aryl methyl sites for hydroxylation is 1. The Kier molecular flexibility index (Phi) is 3.84. The number of nitrogen functional groups attached to an aromatic ring is 1. The first kappa shape index (κ1) is 15.4. The third-order valence-electron chi connectivity index (χ3n) is 3.69. The van der Waals surface area contributed by atoms with Crippen molar-refractivity contribution in [1.29, 1.82) is 5.26 Å². The predicted molar refractivity (Wildman–Crippen MR) is 88.7 cm³/mol. The lowest BCUT2D eigenvalue weighted by molar-refractivity contribution is 0.0593. The second kappa shape index (κ2) is 5.97. The Hall–Kier alpha value is -3.46. The Balaban J connectivity index is 2.16. The van der Waals surface area contributed by atoms with E-state index in [2.05, 4.69) is 0 Å². The fourth-order valence-corrected chi connectivity index (χ4v) is 2.52. The van der Waals surface area contributed by atoms with Crippen LogP contribution in [0.4, 0.5) is 5.69 Å². The highest BCUT2D eigenvalue weighted by molar-refractivity contribution is 5.96. The lowest BCUT2D eigenvalue weighted by atomic mass is 10.1. The van der Waals surface area contributed by atoms with Gasteiger partial charge in [0.15, 0.2) is 5.69 Å². The van der Waals surface area contributed by atoms with Crippen molar-refractivity contribution in [2.45, 2.75) is 6.92 Å². The first-order valence-corrected chi connectivity index (χ1v) is 7.21. The Bertz CT molecular complexity index is 960. The number of hydrogen-bond acceptors (Lipinski definition) is 5. The number of furan rings is 1. The minimum absolute atomic E-state index is 0.101. The van der Waals surface area contributed by atoms with E-state index in [0.717, 1.165) is 17.1 Å². The maximum Gasteiger partial charge on any atom is 0.357 e. The highest BCUT2D eigenvalue weighted by Crippen LogP contribution is 2.28. The van der Waals surface area contributed by atoms with Crippen molar-refractivity contribution >= 4 is 11.7 Å². The van der Waals surface area contributed by atoms with Crippen molar-refractivity contribution in [3.05, 3.63) is 59.6 Å². The van der Waals surface area contributed by atoms with Crippen molar-refractivity contribution in [1.82, 2.24) is 4.57 Å². The van der Waals surface area contributed by atoms with Gasteiger partial charge >= 0.3 is 5.97 Å². The SMILES string of the molecule is COC(=O)c1c(N)c(C#N)cn1-c1cccc(-c2ccc(C)o2)c1. The summed E-state index contributed by atoms with van der Waals surface area (Å²) in [6.07, 6.45) is 1.52. The average molecular weight is 321 g/mol. The third-order valence-corrected chi connectivity index (χ3v) is 3.69. The molecule has 0 spiro atoms. The van der Waals surface area contributed by atoms with Crippen molar-refractivity contribution in [2.75, 3.05) is 12.8 Å². The highest BCUT2D eigenvalue weighted by Gasteiger charge is 2.21. The lowest BCUT2D eigenvalue weighted by Gasteiger charge is -2.09. The van der Waals surface area contributed by atoms with E-state index >= 15 is 0 Å². The summed E-state index contributed by atoms with van der Waals surface area (Å²) in [5.74, 6) is 0.922. The molecule has 0 amide bonds. The van der Waals surface area contributed by atoms with Gasteiger partial charge in [-0.3, -0.25) is 0 Å². The number of esters is 1. The van der Waals surface area contributed by atoms with E-state index in [-0.39, 0.29) is 16.9 Å². The van der Waals surface area contributed by atoms with Crippen molar-refractivity contribution in [3.63, 3.8) is 0 Å². The van der Waals surface area contributed by atoms with Gasteiger partial charge in [-0.1, -0.05) is 12.1 Å². The molecule has 0 saturated heterocycles. The van der Waals surface area contributed by atoms with Crippen LogP contribution in [0, 0.1) is 18.3 Å². The molecule has 0 saturated carbocycles. The number of ether oxygens (including phenoxy) is 1. The number of carbonyl (C=O) groups excluding carboxylic acids is 1. The first-order chi connectivity index (χ1) is 11.5. The molecule has 0 atom stereocenters. The quantitative estimate of drug-likeness (QED) is 0.747. The van der Waals surface area contributed by atoms with Gasteiger partial charge in [-0.25, -0.2) is 4.79 Å². The molecule has 6 nitrogen and oxygen atoms in total. The molecule has 0 aliphatic heterocycles. The zero-order valence-corrected chi connectivity index (χ0v) is 13.2. The zero-order valence-electron chi connectivity index (χ0n) is 13.2. The van der Waals surface area contributed by atoms with E-state index in [9.17, 15) is 10.1 Å². The number of benzene rings is 1. The molecule has 0 aliphatic carbocycles. The summed E-state index contributed by atoms with van der Waals surface area (Å²) in [4.78, 5) is 12.1. The van der Waals surface area contributed by atoms with Gasteiger partial charge in [0.2, 0.25) is 0 Å². The molecule has 1 aromatic carbocycles. The van der Waals surface area contributed by atoms with Crippen LogP contribution in [0.2, 0.25) is 0 Å². The molecule has 120 valence electrons. The average Bonchev–Trinajstić information content (AvgIpc) is 3.17. The second-order valence-electron chi connectivity index (χ2n) is 5.24.